The van der Waals surface area contributed by atoms with Crippen LogP contribution >= 0.6 is 0 Å². The SMILES string of the molecule is CCNCC(CCCOCC)c1cccc(F)c1. The lowest BCUT2D eigenvalue weighted by atomic mass is 9.94. The first kappa shape index (κ1) is 15.1. The van der Waals surface area contributed by atoms with Crippen molar-refractivity contribution in [3.05, 3.63) is 35.6 Å². The fourth-order valence-electron chi connectivity index (χ4n) is 2.04. The average Bonchev–Trinajstić information content (AvgIpc) is 2.38. The highest BCUT2D eigenvalue weighted by Gasteiger charge is 2.11. The highest BCUT2D eigenvalue weighted by atomic mass is 19.1. The van der Waals surface area contributed by atoms with E-state index in [-0.39, 0.29) is 5.82 Å². The predicted octanol–water partition coefficient (Wildman–Crippen LogP) is 3.34. The third-order valence-electron chi connectivity index (χ3n) is 3.01. The number of halogens is 1. The zero-order valence-electron chi connectivity index (χ0n) is 11.4. The maximum Gasteiger partial charge on any atom is 0.123 e. The van der Waals surface area contributed by atoms with Crippen LogP contribution in [0.2, 0.25) is 0 Å². The highest BCUT2D eigenvalue weighted by Crippen LogP contribution is 2.21. The molecule has 3 heteroatoms. The number of hydrogen-bond acceptors (Lipinski definition) is 2. The zero-order valence-corrected chi connectivity index (χ0v) is 11.4. The van der Waals surface area contributed by atoms with Crippen molar-refractivity contribution in [2.45, 2.75) is 32.6 Å². The normalized spacial score (nSPS) is 12.6. The van der Waals surface area contributed by atoms with Crippen LogP contribution in [0.1, 0.15) is 38.2 Å². The number of ether oxygens (including phenoxy) is 1. The van der Waals surface area contributed by atoms with Crippen molar-refractivity contribution in [1.82, 2.24) is 5.32 Å². The second-order valence-corrected chi connectivity index (χ2v) is 4.40. The Kier molecular flexibility index (Phi) is 7.62. The summed E-state index contributed by atoms with van der Waals surface area (Å²) in [4.78, 5) is 0. The van der Waals surface area contributed by atoms with Gasteiger partial charge in [0.1, 0.15) is 5.82 Å². The van der Waals surface area contributed by atoms with Gasteiger partial charge in [0.15, 0.2) is 0 Å². The van der Waals surface area contributed by atoms with Crippen LogP contribution in [-0.4, -0.2) is 26.3 Å². The Balaban J connectivity index is 2.54. The molecule has 1 N–H and O–H groups in total. The topological polar surface area (TPSA) is 21.3 Å². The van der Waals surface area contributed by atoms with E-state index in [1.54, 1.807) is 12.1 Å². The lowest BCUT2D eigenvalue weighted by Crippen LogP contribution is -2.21. The smallest absolute Gasteiger partial charge is 0.123 e. The van der Waals surface area contributed by atoms with Gasteiger partial charge in [-0.05, 0) is 49.9 Å². The Hall–Kier alpha value is -0.930. The molecular weight excluding hydrogens is 229 g/mol. The number of nitrogens with one attached hydrogen (secondary N) is 1. The van der Waals surface area contributed by atoms with Gasteiger partial charge in [0, 0.05) is 19.8 Å². The van der Waals surface area contributed by atoms with Gasteiger partial charge in [-0.1, -0.05) is 19.1 Å². The van der Waals surface area contributed by atoms with E-state index in [1.165, 1.54) is 6.07 Å². The Morgan fingerprint density at radius 3 is 2.83 bits per heavy atom. The Morgan fingerprint density at radius 1 is 1.33 bits per heavy atom. The molecule has 102 valence electrons. The minimum absolute atomic E-state index is 0.154. The summed E-state index contributed by atoms with van der Waals surface area (Å²) in [6, 6.07) is 6.93. The van der Waals surface area contributed by atoms with Crippen LogP contribution in [0.5, 0.6) is 0 Å². The van der Waals surface area contributed by atoms with Crippen molar-refractivity contribution in [1.29, 1.82) is 0 Å². The molecule has 1 atom stereocenters. The summed E-state index contributed by atoms with van der Waals surface area (Å²) in [5.74, 6) is 0.208. The zero-order chi connectivity index (χ0) is 13.2. The molecule has 0 aliphatic heterocycles. The van der Waals surface area contributed by atoms with E-state index >= 15 is 0 Å². The summed E-state index contributed by atoms with van der Waals surface area (Å²) in [5, 5.41) is 3.34. The summed E-state index contributed by atoms with van der Waals surface area (Å²) in [6.45, 7) is 7.47. The standard InChI is InChI=1S/C15H24FNO/c1-3-17-12-14(8-6-10-18-4-2)13-7-5-9-15(16)11-13/h5,7,9,11,14,17H,3-4,6,8,10,12H2,1-2H3. The number of rotatable bonds is 9. The molecule has 1 rings (SSSR count). The lowest BCUT2D eigenvalue weighted by molar-refractivity contribution is 0.141. The molecule has 0 spiro atoms. The average molecular weight is 253 g/mol. The quantitative estimate of drug-likeness (QED) is 0.682. The van der Waals surface area contributed by atoms with Crippen molar-refractivity contribution in [3.63, 3.8) is 0 Å². The minimum Gasteiger partial charge on any atom is -0.382 e. The van der Waals surface area contributed by atoms with Crippen molar-refractivity contribution < 1.29 is 9.13 Å². The van der Waals surface area contributed by atoms with Crippen LogP contribution in [0.3, 0.4) is 0 Å². The van der Waals surface area contributed by atoms with Crippen LogP contribution < -0.4 is 5.32 Å². The van der Waals surface area contributed by atoms with Crippen LogP contribution in [0.25, 0.3) is 0 Å². The van der Waals surface area contributed by atoms with Gasteiger partial charge >= 0.3 is 0 Å². The minimum atomic E-state index is -0.154. The number of likely N-dealkylation sites (N-methyl/N-ethyl adjacent to an activating group) is 1. The van der Waals surface area contributed by atoms with Crippen molar-refractivity contribution in [2.24, 2.45) is 0 Å². The van der Waals surface area contributed by atoms with E-state index < -0.39 is 0 Å². The molecule has 0 saturated heterocycles. The van der Waals surface area contributed by atoms with Crippen LogP contribution in [0, 0.1) is 5.82 Å². The Morgan fingerprint density at radius 2 is 2.17 bits per heavy atom. The van der Waals surface area contributed by atoms with Gasteiger partial charge in [0.25, 0.3) is 0 Å². The molecular formula is C15H24FNO. The second-order valence-electron chi connectivity index (χ2n) is 4.40. The maximum absolute atomic E-state index is 13.2. The van der Waals surface area contributed by atoms with E-state index in [1.807, 2.05) is 13.0 Å². The van der Waals surface area contributed by atoms with Crippen molar-refractivity contribution >= 4 is 0 Å². The second kappa shape index (κ2) is 9.06. The van der Waals surface area contributed by atoms with E-state index in [9.17, 15) is 4.39 Å². The molecule has 18 heavy (non-hydrogen) atoms. The molecule has 1 unspecified atom stereocenters. The van der Waals surface area contributed by atoms with Gasteiger partial charge in [-0.25, -0.2) is 4.39 Å². The maximum atomic E-state index is 13.2. The molecule has 1 aromatic carbocycles. The molecule has 0 saturated carbocycles. The monoisotopic (exact) mass is 253 g/mol. The van der Waals surface area contributed by atoms with E-state index in [2.05, 4.69) is 12.2 Å². The van der Waals surface area contributed by atoms with Gasteiger partial charge in [0.05, 0.1) is 0 Å². The third-order valence-corrected chi connectivity index (χ3v) is 3.01. The van der Waals surface area contributed by atoms with Crippen molar-refractivity contribution in [3.8, 4) is 0 Å². The van der Waals surface area contributed by atoms with Gasteiger partial charge in [0.2, 0.25) is 0 Å². The van der Waals surface area contributed by atoms with Gasteiger partial charge in [-0.3, -0.25) is 0 Å². The number of benzene rings is 1. The van der Waals surface area contributed by atoms with Crippen LogP contribution in [0.4, 0.5) is 4.39 Å². The summed E-state index contributed by atoms with van der Waals surface area (Å²) < 4.78 is 18.6. The highest BCUT2D eigenvalue weighted by molar-refractivity contribution is 5.21. The molecule has 0 aliphatic rings. The molecule has 0 aliphatic carbocycles. The first-order valence-corrected chi connectivity index (χ1v) is 6.81. The van der Waals surface area contributed by atoms with Gasteiger partial charge < -0.3 is 10.1 Å². The van der Waals surface area contributed by atoms with E-state index in [0.717, 1.165) is 44.7 Å². The number of hydrogen-bond donors (Lipinski definition) is 1. The fraction of sp³-hybridized carbons (Fsp3) is 0.600. The first-order valence-electron chi connectivity index (χ1n) is 6.81. The van der Waals surface area contributed by atoms with Gasteiger partial charge in [-0.15, -0.1) is 0 Å². The van der Waals surface area contributed by atoms with E-state index in [0.29, 0.717) is 5.92 Å². The first-order chi connectivity index (χ1) is 8.77. The fourth-order valence-corrected chi connectivity index (χ4v) is 2.04. The summed E-state index contributed by atoms with van der Waals surface area (Å²) in [6.07, 6.45) is 2.04. The molecule has 0 amide bonds. The van der Waals surface area contributed by atoms with Gasteiger partial charge in [-0.2, -0.15) is 0 Å². The van der Waals surface area contributed by atoms with Crippen LogP contribution in [0.15, 0.2) is 24.3 Å². The molecule has 0 heterocycles. The van der Waals surface area contributed by atoms with Crippen molar-refractivity contribution in [2.75, 3.05) is 26.3 Å². The molecule has 2 nitrogen and oxygen atoms in total. The lowest BCUT2D eigenvalue weighted by Gasteiger charge is -2.18. The summed E-state index contributed by atoms with van der Waals surface area (Å²) >= 11 is 0. The Bertz CT molecular complexity index is 330. The van der Waals surface area contributed by atoms with Crippen LogP contribution in [-0.2, 0) is 4.74 Å². The predicted molar refractivity (Wildman–Crippen MR) is 73.4 cm³/mol. The molecule has 0 bridgehead atoms. The molecule has 0 aromatic heterocycles. The molecule has 1 aromatic rings. The molecule has 0 fully saturated rings. The largest absolute Gasteiger partial charge is 0.382 e. The third kappa shape index (κ3) is 5.61. The van der Waals surface area contributed by atoms with E-state index in [4.69, 9.17) is 4.74 Å². The molecule has 0 radical (unpaired) electrons. The summed E-state index contributed by atoms with van der Waals surface area (Å²) in [5.41, 5.74) is 1.08. The Labute approximate surface area is 110 Å². The summed E-state index contributed by atoms with van der Waals surface area (Å²) in [7, 11) is 0.